The highest BCUT2D eigenvalue weighted by atomic mass is 16.6. The van der Waals surface area contributed by atoms with Crippen molar-refractivity contribution in [3.63, 3.8) is 0 Å². The van der Waals surface area contributed by atoms with Gasteiger partial charge in [-0.15, -0.1) is 0 Å². The maximum atomic E-state index is 12.0. The van der Waals surface area contributed by atoms with Gasteiger partial charge in [0.2, 0.25) is 0 Å². The van der Waals surface area contributed by atoms with Gasteiger partial charge in [0.25, 0.3) is 5.91 Å². The Morgan fingerprint density at radius 1 is 1.07 bits per heavy atom. The van der Waals surface area contributed by atoms with Crippen LogP contribution in [0.1, 0.15) is 21.5 Å². The number of benzene rings is 2. The molecule has 152 valence electrons. The largest absolute Gasteiger partial charge is 0.486 e. The third kappa shape index (κ3) is 5.47. The number of carbonyl (C=O) groups excluding carboxylic acids is 3. The molecule has 8 nitrogen and oxygen atoms in total. The molecule has 29 heavy (non-hydrogen) atoms. The summed E-state index contributed by atoms with van der Waals surface area (Å²) in [5.41, 5.74) is 2.34. The Balaban J connectivity index is 1.39. The summed E-state index contributed by atoms with van der Waals surface area (Å²) in [6.45, 7) is 3.67. The molecule has 0 saturated heterocycles. The van der Waals surface area contributed by atoms with Crippen LogP contribution in [-0.2, 0) is 9.53 Å². The van der Waals surface area contributed by atoms with Crippen LogP contribution in [-0.4, -0.2) is 43.8 Å². The monoisotopic (exact) mass is 398 g/mol. The van der Waals surface area contributed by atoms with Crippen molar-refractivity contribution in [2.75, 3.05) is 19.8 Å². The lowest BCUT2D eigenvalue weighted by Crippen LogP contribution is -2.46. The Morgan fingerprint density at radius 2 is 1.83 bits per heavy atom. The standard InChI is InChI=1S/C21H22N2O6/c1-13-7-8-15(9-14(13)2)20(25)28-12-19(24)23-21(26)22-10-16-11-27-17-5-3-4-6-18(17)29-16/h3-9,16H,10-12H2,1-2H3,(H2,22,23,24,26). The Morgan fingerprint density at radius 3 is 2.59 bits per heavy atom. The number of hydrogen-bond donors (Lipinski definition) is 2. The Kier molecular flexibility index (Phi) is 6.33. The summed E-state index contributed by atoms with van der Waals surface area (Å²) >= 11 is 0. The topological polar surface area (TPSA) is 103 Å². The minimum absolute atomic E-state index is 0.149. The smallest absolute Gasteiger partial charge is 0.338 e. The van der Waals surface area contributed by atoms with Crippen LogP contribution in [0.3, 0.4) is 0 Å². The normalized spacial score (nSPS) is 14.6. The van der Waals surface area contributed by atoms with E-state index >= 15 is 0 Å². The number of aryl methyl sites for hydroxylation is 2. The first-order valence-electron chi connectivity index (χ1n) is 9.13. The maximum absolute atomic E-state index is 12.0. The lowest BCUT2D eigenvalue weighted by molar-refractivity contribution is -0.123. The van der Waals surface area contributed by atoms with E-state index in [0.29, 0.717) is 17.1 Å². The van der Waals surface area contributed by atoms with E-state index in [-0.39, 0.29) is 19.3 Å². The molecule has 3 amide bonds. The van der Waals surface area contributed by atoms with Crippen LogP contribution >= 0.6 is 0 Å². The van der Waals surface area contributed by atoms with Gasteiger partial charge >= 0.3 is 12.0 Å². The lowest BCUT2D eigenvalue weighted by atomic mass is 10.1. The predicted molar refractivity (Wildman–Crippen MR) is 104 cm³/mol. The molecular weight excluding hydrogens is 376 g/mol. The molecule has 1 aliphatic rings. The van der Waals surface area contributed by atoms with Gasteiger partial charge in [-0.3, -0.25) is 10.1 Å². The molecule has 2 aromatic carbocycles. The van der Waals surface area contributed by atoms with Crippen molar-refractivity contribution in [2.24, 2.45) is 0 Å². The number of imide groups is 1. The number of rotatable bonds is 5. The third-order valence-corrected chi connectivity index (χ3v) is 4.39. The van der Waals surface area contributed by atoms with E-state index in [4.69, 9.17) is 14.2 Å². The van der Waals surface area contributed by atoms with E-state index in [2.05, 4.69) is 10.6 Å². The molecule has 0 radical (unpaired) electrons. The number of para-hydroxylation sites is 2. The summed E-state index contributed by atoms with van der Waals surface area (Å²) in [6, 6.07) is 11.6. The molecule has 0 fully saturated rings. The number of fused-ring (bicyclic) bond motifs is 1. The molecule has 1 unspecified atom stereocenters. The summed E-state index contributed by atoms with van der Waals surface area (Å²) in [5, 5.41) is 4.63. The number of urea groups is 1. The van der Waals surface area contributed by atoms with Crippen LogP contribution in [0, 0.1) is 13.8 Å². The van der Waals surface area contributed by atoms with Crippen molar-refractivity contribution >= 4 is 17.9 Å². The maximum Gasteiger partial charge on any atom is 0.338 e. The molecule has 2 N–H and O–H groups in total. The van der Waals surface area contributed by atoms with Crippen LogP contribution in [0.2, 0.25) is 0 Å². The van der Waals surface area contributed by atoms with Crippen molar-refractivity contribution in [1.82, 2.24) is 10.6 Å². The third-order valence-electron chi connectivity index (χ3n) is 4.39. The fourth-order valence-electron chi connectivity index (χ4n) is 2.66. The van der Waals surface area contributed by atoms with Crippen molar-refractivity contribution in [2.45, 2.75) is 20.0 Å². The molecular formula is C21H22N2O6. The highest BCUT2D eigenvalue weighted by Crippen LogP contribution is 2.30. The average molecular weight is 398 g/mol. The molecule has 1 heterocycles. The van der Waals surface area contributed by atoms with E-state index in [1.54, 1.807) is 30.3 Å². The first kappa shape index (κ1) is 20.2. The first-order valence-corrected chi connectivity index (χ1v) is 9.13. The fourth-order valence-corrected chi connectivity index (χ4v) is 2.66. The number of esters is 1. The quantitative estimate of drug-likeness (QED) is 0.748. The zero-order valence-corrected chi connectivity index (χ0v) is 16.2. The second-order valence-electron chi connectivity index (χ2n) is 6.63. The highest BCUT2D eigenvalue weighted by Gasteiger charge is 2.21. The minimum Gasteiger partial charge on any atom is -0.486 e. The summed E-state index contributed by atoms with van der Waals surface area (Å²) < 4.78 is 16.2. The van der Waals surface area contributed by atoms with Crippen LogP contribution in [0.25, 0.3) is 0 Å². The van der Waals surface area contributed by atoms with Gasteiger partial charge in [-0.25, -0.2) is 9.59 Å². The zero-order chi connectivity index (χ0) is 20.8. The summed E-state index contributed by atoms with van der Waals surface area (Å²) in [5.74, 6) is -0.116. The number of amides is 3. The molecule has 0 aromatic heterocycles. The SMILES string of the molecule is Cc1ccc(C(=O)OCC(=O)NC(=O)NCC2COc3ccccc3O2)cc1C. The second-order valence-corrected chi connectivity index (χ2v) is 6.63. The van der Waals surface area contributed by atoms with Crippen molar-refractivity contribution in [1.29, 1.82) is 0 Å². The molecule has 2 aromatic rings. The summed E-state index contributed by atoms with van der Waals surface area (Å²) in [7, 11) is 0. The van der Waals surface area contributed by atoms with Crippen LogP contribution < -0.4 is 20.1 Å². The molecule has 8 heteroatoms. The molecule has 0 aliphatic carbocycles. The van der Waals surface area contributed by atoms with Gasteiger partial charge in [-0.1, -0.05) is 18.2 Å². The summed E-state index contributed by atoms with van der Waals surface area (Å²) in [4.78, 5) is 35.7. The van der Waals surface area contributed by atoms with Crippen LogP contribution in [0.5, 0.6) is 11.5 Å². The molecule has 0 saturated carbocycles. The minimum atomic E-state index is -0.731. The second kappa shape index (κ2) is 9.09. The van der Waals surface area contributed by atoms with E-state index in [1.165, 1.54) is 0 Å². The Hall–Kier alpha value is -3.55. The van der Waals surface area contributed by atoms with Gasteiger partial charge in [0, 0.05) is 0 Å². The molecule has 1 atom stereocenters. The van der Waals surface area contributed by atoms with Crippen molar-refractivity contribution in [3.05, 3.63) is 59.2 Å². The van der Waals surface area contributed by atoms with Gasteiger partial charge in [-0.2, -0.15) is 0 Å². The predicted octanol–water partition coefficient (Wildman–Crippen LogP) is 2.13. The lowest BCUT2D eigenvalue weighted by Gasteiger charge is -2.26. The molecule has 0 bridgehead atoms. The Bertz CT molecular complexity index is 927. The van der Waals surface area contributed by atoms with Crippen molar-refractivity contribution in [3.8, 4) is 11.5 Å². The number of carbonyl (C=O) groups is 3. The van der Waals surface area contributed by atoms with Gasteiger partial charge in [0.05, 0.1) is 12.1 Å². The van der Waals surface area contributed by atoms with Gasteiger partial charge in [0.1, 0.15) is 6.61 Å². The van der Waals surface area contributed by atoms with Gasteiger partial charge < -0.3 is 19.5 Å². The highest BCUT2D eigenvalue weighted by molar-refractivity contribution is 5.97. The Labute approximate surface area is 168 Å². The van der Waals surface area contributed by atoms with E-state index in [1.807, 2.05) is 26.0 Å². The van der Waals surface area contributed by atoms with Crippen LogP contribution in [0.15, 0.2) is 42.5 Å². The van der Waals surface area contributed by atoms with Gasteiger partial charge in [-0.05, 0) is 49.2 Å². The fraction of sp³-hybridized carbons (Fsp3) is 0.286. The van der Waals surface area contributed by atoms with E-state index < -0.39 is 24.5 Å². The molecule has 3 rings (SSSR count). The van der Waals surface area contributed by atoms with E-state index in [0.717, 1.165) is 11.1 Å². The average Bonchev–Trinajstić information content (AvgIpc) is 2.72. The first-order chi connectivity index (χ1) is 13.9. The molecule has 0 spiro atoms. The summed E-state index contributed by atoms with van der Waals surface area (Å²) in [6.07, 6.45) is -0.381. The zero-order valence-electron chi connectivity index (χ0n) is 16.2. The number of nitrogens with one attached hydrogen (secondary N) is 2. The number of hydrogen-bond acceptors (Lipinski definition) is 6. The van der Waals surface area contributed by atoms with E-state index in [9.17, 15) is 14.4 Å². The molecule has 1 aliphatic heterocycles. The van der Waals surface area contributed by atoms with Crippen molar-refractivity contribution < 1.29 is 28.6 Å². The van der Waals surface area contributed by atoms with Gasteiger partial charge in [0.15, 0.2) is 24.2 Å². The number of ether oxygens (including phenoxy) is 3. The van der Waals surface area contributed by atoms with Crippen LogP contribution in [0.4, 0.5) is 4.79 Å².